The van der Waals surface area contributed by atoms with Gasteiger partial charge in [-0.15, -0.1) is 0 Å². The van der Waals surface area contributed by atoms with E-state index in [-0.39, 0.29) is 11.4 Å². The first-order valence-corrected chi connectivity index (χ1v) is 5.68. The minimum atomic E-state index is -0.575. The molecule has 0 radical (unpaired) electrons. The fourth-order valence-corrected chi connectivity index (χ4v) is 1.62. The third-order valence-corrected chi connectivity index (χ3v) is 2.60. The van der Waals surface area contributed by atoms with Gasteiger partial charge in [0.2, 0.25) is 0 Å². The molecular formula is C13H13N3O4. The van der Waals surface area contributed by atoms with Crippen LogP contribution >= 0.6 is 0 Å². The van der Waals surface area contributed by atoms with Gasteiger partial charge in [0, 0.05) is 18.2 Å². The number of methoxy groups -OCH3 is 1. The van der Waals surface area contributed by atoms with Gasteiger partial charge in [-0.3, -0.25) is 14.6 Å². The van der Waals surface area contributed by atoms with Crippen LogP contribution in [0.1, 0.15) is 10.4 Å². The predicted octanol–water partition coefficient (Wildman–Crippen LogP) is 0.924. The molecule has 2 rings (SSSR count). The van der Waals surface area contributed by atoms with Crippen LogP contribution in [-0.4, -0.2) is 23.1 Å². The lowest BCUT2D eigenvalue weighted by Gasteiger charge is -2.10. The zero-order valence-corrected chi connectivity index (χ0v) is 10.6. The number of hydrogen-bond donors (Lipinski definition) is 4. The Morgan fingerprint density at radius 2 is 2.10 bits per heavy atom. The largest absolute Gasteiger partial charge is 0.497 e. The molecule has 1 aromatic heterocycles. The Morgan fingerprint density at radius 3 is 2.75 bits per heavy atom. The molecule has 0 aliphatic carbocycles. The molecule has 0 aliphatic heterocycles. The number of rotatable bonds is 3. The first-order chi connectivity index (χ1) is 9.49. The van der Waals surface area contributed by atoms with Crippen molar-refractivity contribution in [3.63, 3.8) is 0 Å². The van der Waals surface area contributed by atoms with Gasteiger partial charge >= 0.3 is 0 Å². The number of nitrogens with one attached hydrogen (secondary N) is 2. The summed E-state index contributed by atoms with van der Waals surface area (Å²) in [5.74, 6) is -0.420. The van der Waals surface area contributed by atoms with E-state index in [2.05, 4.69) is 10.3 Å². The molecule has 0 bridgehead atoms. The van der Waals surface area contributed by atoms with Gasteiger partial charge in [-0.2, -0.15) is 0 Å². The molecule has 0 unspecified atom stereocenters. The number of carbonyl (C=O) groups excluding carboxylic acids is 1. The number of aromatic hydroxyl groups is 1. The first kappa shape index (κ1) is 13.5. The number of pyridine rings is 1. The number of nitrogen functional groups attached to an aromatic ring is 1. The molecule has 7 nitrogen and oxygen atoms in total. The van der Waals surface area contributed by atoms with Crippen molar-refractivity contribution >= 4 is 17.3 Å². The molecular weight excluding hydrogens is 262 g/mol. The van der Waals surface area contributed by atoms with E-state index in [1.165, 1.54) is 7.11 Å². The number of benzene rings is 1. The molecule has 1 amide bonds. The maximum Gasteiger partial charge on any atom is 0.256 e. The van der Waals surface area contributed by atoms with Crippen LogP contribution < -0.4 is 21.3 Å². The van der Waals surface area contributed by atoms with Crippen molar-refractivity contribution < 1.29 is 14.6 Å². The van der Waals surface area contributed by atoms with Gasteiger partial charge in [-0.25, -0.2) is 0 Å². The summed E-state index contributed by atoms with van der Waals surface area (Å²) in [6.45, 7) is 0. The topological polar surface area (TPSA) is 117 Å². The number of aromatic amines is 1. The number of H-pyrrole nitrogens is 1. The number of aromatic nitrogens is 1. The van der Waals surface area contributed by atoms with Gasteiger partial charge in [0.1, 0.15) is 5.75 Å². The van der Waals surface area contributed by atoms with E-state index >= 15 is 0 Å². The van der Waals surface area contributed by atoms with Crippen LogP contribution in [0, 0.1) is 0 Å². The van der Waals surface area contributed by atoms with E-state index in [1.807, 2.05) is 0 Å². The van der Waals surface area contributed by atoms with Gasteiger partial charge in [0.15, 0.2) is 5.88 Å². The first-order valence-electron chi connectivity index (χ1n) is 5.68. The second-order valence-corrected chi connectivity index (χ2v) is 4.03. The minimum absolute atomic E-state index is 0.0217. The molecule has 2 aromatic rings. The zero-order valence-electron chi connectivity index (χ0n) is 10.6. The second-order valence-electron chi connectivity index (χ2n) is 4.03. The van der Waals surface area contributed by atoms with Crippen molar-refractivity contribution in [2.45, 2.75) is 0 Å². The van der Waals surface area contributed by atoms with Gasteiger partial charge in [0.05, 0.1) is 24.0 Å². The van der Waals surface area contributed by atoms with Gasteiger partial charge < -0.3 is 20.9 Å². The average molecular weight is 275 g/mol. The Labute approximate surface area is 114 Å². The maximum atomic E-state index is 12.0. The summed E-state index contributed by atoms with van der Waals surface area (Å²) in [5, 5.41) is 11.8. The third-order valence-electron chi connectivity index (χ3n) is 2.60. The van der Waals surface area contributed by atoms with Crippen molar-refractivity contribution in [1.82, 2.24) is 4.98 Å². The van der Waals surface area contributed by atoms with Crippen LogP contribution in [0.15, 0.2) is 35.1 Å². The standard InChI is InChI=1S/C13H13N3O4/c1-20-8-2-3-9(14)10(6-8)15-13(19)7-4-11(17)16-12(18)5-7/h2-6H,14H2,1H3,(H,15,19)(H2,16,17,18). The van der Waals surface area contributed by atoms with E-state index in [9.17, 15) is 14.7 Å². The lowest BCUT2D eigenvalue weighted by atomic mass is 10.2. The van der Waals surface area contributed by atoms with Gasteiger partial charge in [-0.1, -0.05) is 0 Å². The summed E-state index contributed by atoms with van der Waals surface area (Å²) in [6, 6.07) is 7.02. The van der Waals surface area contributed by atoms with Gasteiger partial charge in [-0.05, 0) is 12.1 Å². The Hall–Kier alpha value is -2.96. The molecule has 0 spiro atoms. The molecule has 0 fully saturated rings. The van der Waals surface area contributed by atoms with Crippen LogP contribution in [0.2, 0.25) is 0 Å². The monoisotopic (exact) mass is 275 g/mol. The normalized spacial score (nSPS) is 10.1. The highest BCUT2D eigenvalue weighted by molar-refractivity contribution is 6.05. The molecule has 5 N–H and O–H groups in total. The molecule has 20 heavy (non-hydrogen) atoms. The summed E-state index contributed by atoms with van der Waals surface area (Å²) in [7, 11) is 1.49. The molecule has 0 aliphatic rings. The smallest absolute Gasteiger partial charge is 0.256 e. The Morgan fingerprint density at radius 1 is 1.35 bits per heavy atom. The van der Waals surface area contributed by atoms with E-state index in [1.54, 1.807) is 18.2 Å². The Balaban J connectivity index is 2.29. The van der Waals surface area contributed by atoms with E-state index in [0.717, 1.165) is 12.1 Å². The number of nitrogens with two attached hydrogens (primary N) is 1. The predicted molar refractivity (Wildman–Crippen MR) is 74.1 cm³/mol. The molecule has 7 heteroatoms. The molecule has 0 saturated heterocycles. The Bertz CT molecular complexity index is 709. The number of anilines is 2. The average Bonchev–Trinajstić information content (AvgIpc) is 2.40. The van der Waals surface area contributed by atoms with E-state index < -0.39 is 11.5 Å². The SMILES string of the molecule is COc1ccc(N)c(NC(=O)c2cc(O)[nH]c(=O)c2)c1. The van der Waals surface area contributed by atoms with Gasteiger partial charge in [0.25, 0.3) is 11.5 Å². The van der Waals surface area contributed by atoms with Crippen LogP contribution in [0.5, 0.6) is 11.6 Å². The van der Waals surface area contributed by atoms with Crippen LogP contribution in [0.25, 0.3) is 0 Å². The summed E-state index contributed by atoms with van der Waals surface area (Å²) >= 11 is 0. The highest BCUT2D eigenvalue weighted by Crippen LogP contribution is 2.24. The van der Waals surface area contributed by atoms with Crippen LogP contribution in [0.4, 0.5) is 11.4 Å². The third kappa shape index (κ3) is 2.89. The summed E-state index contributed by atoms with van der Waals surface area (Å²) in [4.78, 5) is 25.3. The summed E-state index contributed by atoms with van der Waals surface area (Å²) in [5.41, 5.74) is 5.90. The van der Waals surface area contributed by atoms with Crippen molar-refractivity contribution in [3.05, 3.63) is 46.2 Å². The summed E-state index contributed by atoms with van der Waals surface area (Å²) in [6.07, 6.45) is 0. The zero-order chi connectivity index (χ0) is 14.7. The molecule has 1 heterocycles. The quantitative estimate of drug-likeness (QED) is 0.621. The molecule has 104 valence electrons. The maximum absolute atomic E-state index is 12.0. The molecule has 0 saturated carbocycles. The fraction of sp³-hybridized carbons (Fsp3) is 0.0769. The van der Waals surface area contributed by atoms with Crippen molar-refractivity contribution in [2.24, 2.45) is 0 Å². The molecule has 0 atom stereocenters. The fourth-order valence-electron chi connectivity index (χ4n) is 1.62. The van der Waals surface area contributed by atoms with Crippen molar-refractivity contribution in [3.8, 4) is 11.6 Å². The van der Waals surface area contributed by atoms with E-state index in [4.69, 9.17) is 10.5 Å². The van der Waals surface area contributed by atoms with Crippen LogP contribution in [0.3, 0.4) is 0 Å². The highest BCUT2D eigenvalue weighted by atomic mass is 16.5. The molecule has 1 aromatic carbocycles. The number of hydrogen-bond acceptors (Lipinski definition) is 5. The minimum Gasteiger partial charge on any atom is -0.497 e. The number of ether oxygens (including phenoxy) is 1. The van der Waals surface area contributed by atoms with Crippen LogP contribution in [-0.2, 0) is 0 Å². The highest BCUT2D eigenvalue weighted by Gasteiger charge is 2.11. The second kappa shape index (κ2) is 5.35. The number of carbonyl (C=O) groups is 1. The summed E-state index contributed by atoms with van der Waals surface area (Å²) < 4.78 is 5.03. The van der Waals surface area contributed by atoms with E-state index in [0.29, 0.717) is 17.1 Å². The Kier molecular flexibility index (Phi) is 3.60. The van der Waals surface area contributed by atoms with Crippen molar-refractivity contribution in [2.75, 3.05) is 18.2 Å². The lowest BCUT2D eigenvalue weighted by Crippen LogP contribution is -2.16. The lowest BCUT2D eigenvalue weighted by molar-refractivity contribution is 0.102. The van der Waals surface area contributed by atoms with Crippen molar-refractivity contribution in [1.29, 1.82) is 0 Å². The number of amides is 1.